The van der Waals surface area contributed by atoms with Gasteiger partial charge in [0.25, 0.3) is 0 Å². The van der Waals surface area contributed by atoms with Gasteiger partial charge in [-0.3, -0.25) is 0 Å². The SMILES string of the molecule is CCNC(=NCc1cccc2c1OCCCO2)Nc1ccc(OC)c(OCC)c1. The van der Waals surface area contributed by atoms with Crippen LogP contribution in [0.3, 0.4) is 0 Å². The van der Waals surface area contributed by atoms with Gasteiger partial charge in [-0.05, 0) is 32.0 Å². The fraction of sp³-hybridized carbons (Fsp3) is 0.409. The largest absolute Gasteiger partial charge is 0.493 e. The first kappa shape index (κ1) is 20.6. The summed E-state index contributed by atoms with van der Waals surface area (Å²) in [4.78, 5) is 4.72. The Morgan fingerprint density at radius 2 is 1.97 bits per heavy atom. The van der Waals surface area contributed by atoms with Gasteiger partial charge in [-0.2, -0.15) is 0 Å². The number of hydrogen-bond donors (Lipinski definition) is 2. The van der Waals surface area contributed by atoms with Gasteiger partial charge in [-0.1, -0.05) is 12.1 Å². The highest BCUT2D eigenvalue weighted by atomic mass is 16.5. The minimum absolute atomic E-state index is 0.469. The predicted molar refractivity (Wildman–Crippen MR) is 115 cm³/mol. The van der Waals surface area contributed by atoms with Crippen LogP contribution in [-0.4, -0.2) is 39.4 Å². The number of nitrogens with zero attached hydrogens (tertiary/aromatic N) is 1. The third-order valence-electron chi connectivity index (χ3n) is 4.33. The highest BCUT2D eigenvalue weighted by Crippen LogP contribution is 2.34. The summed E-state index contributed by atoms with van der Waals surface area (Å²) >= 11 is 0. The molecule has 3 rings (SSSR count). The van der Waals surface area contributed by atoms with Crippen LogP contribution in [0.5, 0.6) is 23.0 Å². The number of fused-ring (bicyclic) bond motifs is 1. The van der Waals surface area contributed by atoms with Crippen molar-refractivity contribution < 1.29 is 18.9 Å². The molecular formula is C22H29N3O4. The van der Waals surface area contributed by atoms with Gasteiger partial charge >= 0.3 is 0 Å². The van der Waals surface area contributed by atoms with Gasteiger partial charge < -0.3 is 29.6 Å². The third-order valence-corrected chi connectivity index (χ3v) is 4.33. The zero-order chi connectivity index (χ0) is 20.5. The number of guanidine groups is 1. The Hall–Kier alpha value is -3.09. The molecule has 0 atom stereocenters. The number of rotatable bonds is 7. The van der Waals surface area contributed by atoms with E-state index in [2.05, 4.69) is 10.6 Å². The van der Waals surface area contributed by atoms with E-state index >= 15 is 0 Å². The molecule has 0 fully saturated rings. The number of benzene rings is 2. The van der Waals surface area contributed by atoms with E-state index in [4.69, 9.17) is 23.9 Å². The average Bonchev–Trinajstić information content (AvgIpc) is 2.99. The van der Waals surface area contributed by atoms with Crippen LogP contribution in [0.15, 0.2) is 41.4 Å². The Morgan fingerprint density at radius 1 is 1.10 bits per heavy atom. The molecule has 0 amide bonds. The van der Waals surface area contributed by atoms with Crippen molar-refractivity contribution in [3.63, 3.8) is 0 Å². The molecule has 2 N–H and O–H groups in total. The van der Waals surface area contributed by atoms with Gasteiger partial charge in [0.05, 0.1) is 33.5 Å². The van der Waals surface area contributed by atoms with Crippen molar-refractivity contribution in [1.82, 2.24) is 5.32 Å². The normalized spacial score (nSPS) is 13.4. The minimum atomic E-state index is 0.469. The minimum Gasteiger partial charge on any atom is -0.493 e. The molecule has 1 aliphatic heterocycles. The molecule has 0 unspecified atom stereocenters. The second-order valence-electron chi connectivity index (χ2n) is 6.41. The lowest BCUT2D eigenvalue weighted by Crippen LogP contribution is -2.30. The van der Waals surface area contributed by atoms with Gasteiger partial charge in [-0.25, -0.2) is 4.99 Å². The summed E-state index contributed by atoms with van der Waals surface area (Å²) in [6, 6.07) is 11.6. The summed E-state index contributed by atoms with van der Waals surface area (Å²) in [7, 11) is 1.63. The molecule has 0 saturated heterocycles. The fourth-order valence-electron chi connectivity index (χ4n) is 3.01. The number of methoxy groups -OCH3 is 1. The molecule has 1 aliphatic rings. The first-order valence-corrected chi connectivity index (χ1v) is 9.98. The summed E-state index contributed by atoms with van der Waals surface area (Å²) in [5, 5.41) is 6.59. The summed E-state index contributed by atoms with van der Waals surface area (Å²) in [6.45, 7) is 7.07. The van der Waals surface area contributed by atoms with E-state index in [0.29, 0.717) is 43.8 Å². The predicted octanol–water partition coefficient (Wildman–Crippen LogP) is 3.83. The van der Waals surface area contributed by atoms with E-state index in [-0.39, 0.29) is 0 Å². The van der Waals surface area contributed by atoms with E-state index in [9.17, 15) is 0 Å². The maximum atomic E-state index is 5.89. The smallest absolute Gasteiger partial charge is 0.196 e. The summed E-state index contributed by atoms with van der Waals surface area (Å²) in [5.41, 5.74) is 1.85. The van der Waals surface area contributed by atoms with Crippen molar-refractivity contribution >= 4 is 11.6 Å². The van der Waals surface area contributed by atoms with Crippen molar-refractivity contribution in [2.24, 2.45) is 4.99 Å². The molecule has 0 bridgehead atoms. The van der Waals surface area contributed by atoms with Crippen LogP contribution < -0.4 is 29.6 Å². The van der Waals surface area contributed by atoms with Crippen molar-refractivity contribution in [2.75, 3.05) is 38.8 Å². The quantitative estimate of drug-likeness (QED) is 0.545. The number of hydrogen-bond acceptors (Lipinski definition) is 5. The highest BCUT2D eigenvalue weighted by Gasteiger charge is 2.14. The topological polar surface area (TPSA) is 73.3 Å². The van der Waals surface area contributed by atoms with Crippen LogP contribution >= 0.6 is 0 Å². The maximum Gasteiger partial charge on any atom is 0.196 e. The molecule has 2 aromatic carbocycles. The van der Waals surface area contributed by atoms with Crippen LogP contribution in [0.4, 0.5) is 5.69 Å². The molecule has 0 spiro atoms. The fourth-order valence-corrected chi connectivity index (χ4v) is 3.01. The molecule has 29 heavy (non-hydrogen) atoms. The van der Waals surface area contributed by atoms with Crippen molar-refractivity contribution in [3.05, 3.63) is 42.0 Å². The average molecular weight is 399 g/mol. The van der Waals surface area contributed by atoms with E-state index in [1.807, 2.05) is 50.2 Å². The van der Waals surface area contributed by atoms with Crippen LogP contribution in [0.2, 0.25) is 0 Å². The van der Waals surface area contributed by atoms with E-state index in [1.54, 1.807) is 7.11 Å². The first-order valence-electron chi connectivity index (χ1n) is 9.98. The van der Waals surface area contributed by atoms with Crippen LogP contribution in [0.25, 0.3) is 0 Å². The third kappa shape index (κ3) is 5.47. The maximum absolute atomic E-state index is 5.89. The zero-order valence-electron chi connectivity index (χ0n) is 17.3. The van der Waals surface area contributed by atoms with Gasteiger partial charge in [0.1, 0.15) is 0 Å². The molecule has 0 saturated carbocycles. The lowest BCUT2D eigenvalue weighted by molar-refractivity contribution is 0.296. The summed E-state index contributed by atoms with van der Waals surface area (Å²) < 4.78 is 22.7. The van der Waals surface area contributed by atoms with E-state index in [1.165, 1.54) is 0 Å². The molecule has 156 valence electrons. The Kier molecular flexibility index (Phi) is 7.44. The number of anilines is 1. The molecule has 2 aromatic rings. The Bertz CT molecular complexity index is 839. The first-order chi connectivity index (χ1) is 14.2. The second-order valence-corrected chi connectivity index (χ2v) is 6.41. The highest BCUT2D eigenvalue weighted by molar-refractivity contribution is 5.94. The van der Waals surface area contributed by atoms with Gasteiger partial charge in [-0.15, -0.1) is 0 Å². The van der Waals surface area contributed by atoms with Crippen LogP contribution in [0, 0.1) is 0 Å². The van der Waals surface area contributed by atoms with Crippen molar-refractivity contribution in [1.29, 1.82) is 0 Å². The molecular weight excluding hydrogens is 370 g/mol. The summed E-state index contributed by atoms with van der Waals surface area (Å²) in [6.07, 6.45) is 0.876. The number of ether oxygens (including phenoxy) is 4. The van der Waals surface area contributed by atoms with E-state index < -0.39 is 0 Å². The van der Waals surface area contributed by atoms with Gasteiger partial charge in [0.2, 0.25) is 0 Å². The molecule has 1 heterocycles. The summed E-state index contributed by atoms with van der Waals surface area (Å²) in [5.74, 6) is 3.63. The number of aliphatic imine (C=N–C) groups is 1. The number of para-hydroxylation sites is 1. The Balaban J connectivity index is 1.78. The van der Waals surface area contributed by atoms with Crippen LogP contribution in [0.1, 0.15) is 25.8 Å². The van der Waals surface area contributed by atoms with E-state index in [0.717, 1.165) is 35.7 Å². The standard InChI is InChI=1S/C22H29N3O4/c1-4-23-22(25-17-10-11-18(26-3)20(14-17)27-5-2)24-15-16-8-6-9-19-21(16)29-13-7-12-28-19/h6,8-11,14H,4-5,7,12-13,15H2,1-3H3,(H2,23,24,25). The lowest BCUT2D eigenvalue weighted by Gasteiger charge is -2.15. The molecule has 7 nitrogen and oxygen atoms in total. The molecule has 0 aliphatic carbocycles. The molecule has 0 radical (unpaired) electrons. The van der Waals surface area contributed by atoms with Crippen molar-refractivity contribution in [2.45, 2.75) is 26.8 Å². The van der Waals surface area contributed by atoms with Crippen LogP contribution in [-0.2, 0) is 6.54 Å². The molecule has 7 heteroatoms. The van der Waals surface area contributed by atoms with Crippen molar-refractivity contribution in [3.8, 4) is 23.0 Å². The van der Waals surface area contributed by atoms with Gasteiger partial charge in [0.15, 0.2) is 29.0 Å². The monoisotopic (exact) mass is 399 g/mol. The zero-order valence-corrected chi connectivity index (χ0v) is 17.3. The lowest BCUT2D eigenvalue weighted by atomic mass is 10.2. The molecule has 0 aromatic heterocycles. The van der Waals surface area contributed by atoms with Gasteiger partial charge in [0, 0.05) is 30.3 Å². The number of nitrogens with one attached hydrogen (secondary N) is 2. The second kappa shape index (κ2) is 10.5. The Labute approximate surface area is 172 Å². The Morgan fingerprint density at radius 3 is 2.76 bits per heavy atom.